The summed E-state index contributed by atoms with van der Waals surface area (Å²) in [6.45, 7) is 4.25. The zero-order chi connectivity index (χ0) is 40.6. The third-order valence-corrected chi connectivity index (χ3v) is 9.79. The number of benzene rings is 8. The summed E-state index contributed by atoms with van der Waals surface area (Å²) in [5.74, 6) is 0. The molecule has 0 N–H and O–H groups in total. The smallest absolute Gasteiger partial charge is 0.0651 e. The molecule has 9 rings (SSSR count). The summed E-state index contributed by atoms with van der Waals surface area (Å²) in [4.78, 5) is 1.44. The zero-order valence-corrected chi connectivity index (χ0v) is 27.7. The predicted molar refractivity (Wildman–Crippen MR) is 213 cm³/mol. The van der Waals surface area contributed by atoms with Crippen molar-refractivity contribution in [3.63, 3.8) is 0 Å². The summed E-state index contributed by atoms with van der Waals surface area (Å²) < 4.78 is 75.4. The normalized spacial score (nSPS) is 15.0. The standard InChI is InChI=1S/C49H37N/c1-49(2)47-21-9-8-20-45(47)46-29-28-44(33-48(46)49)50(43-19-11-18-40(32-43)41-23-22-35-14-6-7-15-37(35)31-41)42-26-24-36(25-27-42)39-17-10-16-38(30-39)34-12-4-3-5-13-34/h3-33H,1-2H3/i11D,18D,19D,24D,25D,26D,27D,32D. The van der Waals surface area contributed by atoms with Gasteiger partial charge in [0.15, 0.2) is 0 Å². The summed E-state index contributed by atoms with van der Waals surface area (Å²) in [6, 6.07) is 41.7. The number of rotatable bonds is 6. The van der Waals surface area contributed by atoms with Gasteiger partial charge in [0.05, 0.1) is 11.0 Å². The SMILES string of the molecule is [2H]c1c([2H])c(-c2ccc3ccccc3c2)c([2H])c(N(c2ccc3c(c2)C(C)(C)c2ccccc2-3)c2c([2H])c([2H])c(-c3cccc(-c4ccccc4)c3)c([2H])c2[2H])c1[2H]. The molecule has 8 aromatic rings. The average molecular weight is 648 g/mol. The van der Waals surface area contributed by atoms with Crippen molar-refractivity contribution in [2.75, 3.05) is 4.90 Å². The molecule has 0 fully saturated rings. The Hall–Kier alpha value is -6.18. The Morgan fingerprint density at radius 3 is 1.94 bits per heavy atom. The summed E-state index contributed by atoms with van der Waals surface area (Å²) in [7, 11) is 0. The third kappa shape index (κ3) is 5.19. The van der Waals surface area contributed by atoms with Gasteiger partial charge in [-0.15, -0.1) is 0 Å². The third-order valence-electron chi connectivity index (χ3n) is 9.79. The van der Waals surface area contributed by atoms with Gasteiger partial charge in [-0.05, 0) is 115 Å². The molecule has 0 saturated carbocycles. The van der Waals surface area contributed by atoms with Crippen LogP contribution in [0.5, 0.6) is 0 Å². The van der Waals surface area contributed by atoms with Crippen LogP contribution in [-0.4, -0.2) is 0 Å². The quantitative estimate of drug-likeness (QED) is 0.174. The van der Waals surface area contributed by atoms with Crippen LogP contribution in [0.2, 0.25) is 0 Å². The Balaban J connectivity index is 1.32. The van der Waals surface area contributed by atoms with E-state index in [0.29, 0.717) is 16.8 Å². The molecule has 0 amide bonds. The number of hydrogen-bond donors (Lipinski definition) is 0. The van der Waals surface area contributed by atoms with Gasteiger partial charge in [-0.3, -0.25) is 0 Å². The number of anilines is 3. The van der Waals surface area contributed by atoms with Gasteiger partial charge < -0.3 is 4.90 Å². The van der Waals surface area contributed by atoms with Gasteiger partial charge >= 0.3 is 0 Å². The highest BCUT2D eigenvalue weighted by Crippen LogP contribution is 2.50. The van der Waals surface area contributed by atoms with Crippen molar-refractivity contribution in [1.29, 1.82) is 0 Å². The Morgan fingerprint density at radius 1 is 0.420 bits per heavy atom. The van der Waals surface area contributed by atoms with E-state index < -0.39 is 17.5 Å². The second-order valence-electron chi connectivity index (χ2n) is 13.2. The highest BCUT2D eigenvalue weighted by Gasteiger charge is 2.35. The second kappa shape index (κ2) is 12.1. The fourth-order valence-electron chi connectivity index (χ4n) is 7.18. The van der Waals surface area contributed by atoms with Gasteiger partial charge in [0.1, 0.15) is 0 Å². The van der Waals surface area contributed by atoms with E-state index in [1.807, 2.05) is 115 Å². The van der Waals surface area contributed by atoms with E-state index in [2.05, 4.69) is 26.0 Å². The van der Waals surface area contributed by atoms with E-state index in [1.54, 1.807) is 12.1 Å². The van der Waals surface area contributed by atoms with Crippen LogP contribution in [0.15, 0.2) is 188 Å². The van der Waals surface area contributed by atoms with Crippen LogP contribution in [0, 0.1) is 0 Å². The van der Waals surface area contributed by atoms with Crippen molar-refractivity contribution in [3.05, 3.63) is 199 Å². The molecule has 1 nitrogen and oxygen atoms in total. The van der Waals surface area contributed by atoms with Crippen molar-refractivity contribution >= 4 is 27.8 Å². The van der Waals surface area contributed by atoms with Gasteiger partial charge in [0, 0.05) is 22.5 Å². The lowest BCUT2D eigenvalue weighted by molar-refractivity contribution is 0.660. The van der Waals surface area contributed by atoms with Crippen LogP contribution in [0.25, 0.3) is 55.3 Å². The van der Waals surface area contributed by atoms with Crippen molar-refractivity contribution in [1.82, 2.24) is 0 Å². The van der Waals surface area contributed by atoms with E-state index >= 15 is 0 Å². The molecular formula is C49H37N. The molecular weight excluding hydrogens is 603 g/mol. The maximum Gasteiger partial charge on any atom is 0.0651 e. The molecule has 0 radical (unpaired) electrons. The lowest BCUT2D eigenvalue weighted by Gasteiger charge is -2.28. The fraction of sp³-hybridized carbons (Fsp3) is 0.0612. The van der Waals surface area contributed by atoms with Crippen molar-refractivity contribution < 1.29 is 11.0 Å². The summed E-state index contributed by atoms with van der Waals surface area (Å²) in [6.07, 6.45) is 0. The first kappa shape index (κ1) is 22.5. The van der Waals surface area contributed by atoms with E-state index in [1.165, 1.54) is 4.90 Å². The first-order valence-electron chi connectivity index (χ1n) is 20.8. The summed E-state index contributed by atoms with van der Waals surface area (Å²) >= 11 is 0. The summed E-state index contributed by atoms with van der Waals surface area (Å²) in [5.41, 5.74) is 6.95. The average Bonchev–Trinajstić information content (AvgIpc) is 3.47. The predicted octanol–water partition coefficient (Wildman–Crippen LogP) is 13.6. The monoisotopic (exact) mass is 647 g/mol. The molecule has 0 aromatic heterocycles. The lowest BCUT2D eigenvalue weighted by Crippen LogP contribution is -2.16. The Labute approximate surface area is 306 Å². The van der Waals surface area contributed by atoms with Gasteiger partial charge in [-0.2, -0.15) is 0 Å². The molecule has 0 spiro atoms. The first-order chi connectivity index (χ1) is 27.9. The minimum Gasteiger partial charge on any atom is -0.310 e. The molecule has 0 aliphatic heterocycles. The first-order valence-corrected chi connectivity index (χ1v) is 16.8. The molecule has 0 saturated heterocycles. The molecule has 0 atom stereocenters. The van der Waals surface area contributed by atoms with Crippen LogP contribution in [-0.2, 0) is 5.41 Å². The number of nitrogens with zero attached hydrogens (tertiary/aromatic N) is 1. The van der Waals surface area contributed by atoms with Crippen LogP contribution in [0.3, 0.4) is 0 Å². The fourth-order valence-corrected chi connectivity index (χ4v) is 7.18. The highest BCUT2D eigenvalue weighted by molar-refractivity contribution is 5.90. The van der Waals surface area contributed by atoms with E-state index in [0.717, 1.165) is 44.2 Å². The van der Waals surface area contributed by atoms with Crippen molar-refractivity contribution in [2.24, 2.45) is 0 Å². The van der Waals surface area contributed by atoms with Crippen molar-refractivity contribution in [3.8, 4) is 44.5 Å². The van der Waals surface area contributed by atoms with E-state index in [-0.39, 0.29) is 58.8 Å². The van der Waals surface area contributed by atoms with Gasteiger partial charge in [-0.1, -0.05) is 153 Å². The number of hydrogen-bond acceptors (Lipinski definition) is 1. The van der Waals surface area contributed by atoms with Crippen molar-refractivity contribution in [2.45, 2.75) is 19.3 Å². The molecule has 0 bridgehead atoms. The molecule has 1 aliphatic rings. The summed E-state index contributed by atoms with van der Waals surface area (Å²) in [5, 5.41) is 1.85. The molecule has 0 heterocycles. The van der Waals surface area contributed by atoms with Gasteiger partial charge in [-0.25, -0.2) is 0 Å². The maximum atomic E-state index is 9.79. The number of fused-ring (bicyclic) bond motifs is 4. The van der Waals surface area contributed by atoms with Crippen LogP contribution in [0.4, 0.5) is 17.1 Å². The molecule has 238 valence electrons. The molecule has 8 aromatic carbocycles. The Bertz CT molecular complexity index is 2950. The second-order valence-corrected chi connectivity index (χ2v) is 13.2. The Kier molecular flexibility index (Phi) is 5.41. The highest BCUT2D eigenvalue weighted by atomic mass is 15.1. The van der Waals surface area contributed by atoms with Crippen LogP contribution >= 0.6 is 0 Å². The Morgan fingerprint density at radius 2 is 1.10 bits per heavy atom. The minimum absolute atomic E-state index is 0.114. The lowest BCUT2D eigenvalue weighted by atomic mass is 9.82. The molecule has 1 aliphatic carbocycles. The van der Waals surface area contributed by atoms with Gasteiger partial charge in [0.25, 0.3) is 0 Å². The molecule has 1 heteroatoms. The van der Waals surface area contributed by atoms with E-state index in [4.69, 9.17) is 2.74 Å². The zero-order valence-electron chi connectivity index (χ0n) is 35.7. The largest absolute Gasteiger partial charge is 0.310 e. The maximum absolute atomic E-state index is 9.79. The molecule has 50 heavy (non-hydrogen) atoms. The topological polar surface area (TPSA) is 3.24 Å². The van der Waals surface area contributed by atoms with Crippen LogP contribution in [0.1, 0.15) is 35.9 Å². The van der Waals surface area contributed by atoms with Gasteiger partial charge in [0.2, 0.25) is 0 Å². The minimum atomic E-state index is -0.453. The molecule has 0 unspecified atom stereocenters. The van der Waals surface area contributed by atoms with E-state index in [9.17, 15) is 8.22 Å². The van der Waals surface area contributed by atoms with Crippen LogP contribution < -0.4 is 4.90 Å².